The first-order valence-corrected chi connectivity index (χ1v) is 8.58. The Hall–Kier alpha value is -2.86. The zero-order valence-corrected chi connectivity index (χ0v) is 14.8. The van der Waals surface area contributed by atoms with Crippen molar-refractivity contribution in [3.8, 4) is 11.5 Å². The number of hydrogen-bond acceptors (Lipinski definition) is 5. The minimum absolute atomic E-state index is 0.220. The Bertz CT molecular complexity index is 788. The first kappa shape index (κ1) is 17.9. The largest absolute Gasteiger partial charge is 0.497 e. The molecule has 1 heterocycles. The van der Waals surface area contributed by atoms with Crippen LogP contribution in [0.4, 0.5) is 0 Å². The van der Waals surface area contributed by atoms with Crippen molar-refractivity contribution < 1.29 is 14.6 Å². The number of aliphatic hydroxyl groups excluding tert-OH is 1. The van der Waals surface area contributed by atoms with Crippen molar-refractivity contribution in [2.75, 3.05) is 13.7 Å². The number of rotatable bonds is 9. The molecule has 0 amide bonds. The fraction of sp³-hybridized carbons (Fsp3) is 0.300. The fourth-order valence-corrected chi connectivity index (χ4v) is 2.72. The minimum atomic E-state index is -0.624. The van der Waals surface area contributed by atoms with Gasteiger partial charge >= 0.3 is 0 Å². The molecule has 0 saturated heterocycles. The molecule has 0 fully saturated rings. The lowest BCUT2D eigenvalue weighted by atomic mass is 10.0. The summed E-state index contributed by atoms with van der Waals surface area (Å²) in [4.78, 5) is 0. The smallest absolute Gasteiger partial charge is 0.122 e. The molecule has 3 aromatic rings. The summed E-state index contributed by atoms with van der Waals surface area (Å²) >= 11 is 0. The highest BCUT2D eigenvalue weighted by molar-refractivity contribution is 5.35. The van der Waals surface area contributed by atoms with Crippen LogP contribution in [0.2, 0.25) is 0 Å². The molecule has 0 spiro atoms. The molecule has 136 valence electrons. The monoisotopic (exact) mass is 353 g/mol. The van der Waals surface area contributed by atoms with Crippen LogP contribution in [-0.2, 0) is 19.4 Å². The SMILES string of the molecule is COc1ccc(CCc2ccccc2OC[C@@H](O)Cn2cnnc2)cc1. The van der Waals surface area contributed by atoms with Gasteiger partial charge in [-0.3, -0.25) is 0 Å². The summed E-state index contributed by atoms with van der Waals surface area (Å²) < 4.78 is 12.8. The van der Waals surface area contributed by atoms with Gasteiger partial charge in [0.15, 0.2) is 0 Å². The number of methoxy groups -OCH3 is 1. The molecule has 1 N–H and O–H groups in total. The van der Waals surface area contributed by atoms with E-state index in [9.17, 15) is 5.11 Å². The van der Waals surface area contributed by atoms with Crippen LogP contribution in [0.3, 0.4) is 0 Å². The second-order valence-corrected chi connectivity index (χ2v) is 6.08. The molecule has 1 atom stereocenters. The molecular formula is C20H23N3O3. The van der Waals surface area contributed by atoms with Gasteiger partial charge in [0.1, 0.15) is 36.9 Å². The van der Waals surface area contributed by atoms with Crippen LogP contribution in [0, 0.1) is 0 Å². The van der Waals surface area contributed by atoms with E-state index in [0.29, 0.717) is 6.54 Å². The Labute approximate surface area is 153 Å². The number of nitrogens with zero attached hydrogens (tertiary/aromatic N) is 3. The van der Waals surface area contributed by atoms with Gasteiger partial charge in [0.2, 0.25) is 0 Å². The lowest BCUT2D eigenvalue weighted by Gasteiger charge is -2.15. The average Bonchev–Trinajstić information content (AvgIpc) is 3.18. The normalized spacial score (nSPS) is 11.9. The molecular weight excluding hydrogens is 330 g/mol. The molecule has 0 aliphatic rings. The maximum absolute atomic E-state index is 10.1. The van der Waals surface area contributed by atoms with E-state index in [1.165, 1.54) is 5.56 Å². The molecule has 1 aromatic heterocycles. The Balaban J connectivity index is 1.55. The van der Waals surface area contributed by atoms with Gasteiger partial charge in [-0.1, -0.05) is 30.3 Å². The molecule has 0 aliphatic heterocycles. The van der Waals surface area contributed by atoms with E-state index in [1.807, 2.05) is 30.3 Å². The van der Waals surface area contributed by atoms with E-state index < -0.39 is 6.10 Å². The molecule has 2 aromatic carbocycles. The molecule has 0 aliphatic carbocycles. The summed E-state index contributed by atoms with van der Waals surface area (Å²) in [5.74, 6) is 1.67. The highest BCUT2D eigenvalue weighted by atomic mass is 16.5. The van der Waals surface area contributed by atoms with Crippen molar-refractivity contribution in [3.05, 3.63) is 72.3 Å². The Morgan fingerprint density at radius 1 is 1.00 bits per heavy atom. The third kappa shape index (κ3) is 5.07. The molecule has 6 nitrogen and oxygen atoms in total. The first-order valence-electron chi connectivity index (χ1n) is 8.58. The van der Waals surface area contributed by atoms with E-state index in [4.69, 9.17) is 9.47 Å². The number of hydrogen-bond donors (Lipinski definition) is 1. The van der Waals surface area contributed by atoms with Crippen LogP contribution in [0.5, 0.6) is 11.5 Å². The van der Waals surface area contributed by atoms with Crippen LogP contribution in [0.15, 0.2) is 61.2 Å². The van der Waals surface area contributed by atoms with Crippen molar-refractivity contribution in [1.82, 2.24) is 14.8 Å². The van der Waals surface area contributed by atoms with Gasteiger partial charge in [-0.2, -0.15) is 0 Å². The summed E-state index contributed by atoms with van der Waals surface area (Å²) in [6, 6.07) is 16.0. The van der Waals surface area contributed by atoms with Crippen LogP contribution in [-0.4, -0.2) is 39.7 Å². The third-order valence-electron chi connectivity index (χ3n) is 4.13. The Kier molecular flexibility index (Phi) is 6.22. The summed E-state index contributed by atoms with van der Waals surface area (Å²) in [7, 11) is 1.67. The number of benzene rings is 2. The number of aromatic nitrogens is 3. The van der Waals surface area contributed by atoms with E-state index in [2.05, 4.69) is 28.4 Å². The van der Waals surface area contributed by atoms with Crippen LogP contribution >= 0.6 is 0 Å². The van der Waals surface area contributed by atoms with Gasteiger partial charge in [-0.25, -0.2) is 0 Å². The number of aryl methyl sites for hydroxylation is 2. The summed E-state index contributed by atoms with van der Waals surface area (Å²) in [6.07, 6.45) is 4.30. The van der Waals surface area contributed by atoms with E-state index in [-0.39, 0.29) is 6.61 Å². The van der Waals surface area contributed by atoms with Gasteiger partial charge in [-0.05, 0) is 42.2 Å². The molecule has 0 saturated carbocycles. The van der Waals surface area contributed by atoms with E-state index >= 15 is 0 Å². The number of aliphatic hydroxyl groups is 1. The van der Waals surface area contributed by atoms with Gasteiger partial charge in [0.25, 0.3) is 0 Å². The van der Waals surface area contributed by atoms with E-state index in [0.717, 1.165) is 29.9 Å². The predicted molar refractivity (Wildman–Crippen MR) is 98.4 cm³/mol. The van der Waals surface area contributed by atoms with Crippen LogP contribution < -0.4 is 9.47 Å². The van der Waals surface area contributed by atoms with Crippen molar-refractivity contribution in [3.63, 3.8) is 0 Å². The van der Waals surface area contributed by atoms with Crippen molar-refractivity contribution >= 4 is 0 Å². The highest BCUT2D eigenvalue weighted by Gasteiger charge is 2.09. The maximum atomic E-state index is 10.1. The highest BCUT2D eigenvalue weighted by Crippen LogP contribution is 2.21. The number of ether oxygens (including phenoxy) is 2. The second kappa shape index (κ2) is 9.01. The van der Waals surface area contributed by atoms with Gasteiger partial charge in [-0.15, -0.1) is 10.2 Å². The van der Waals surface area contributed by atoms with Crippen LogP contribution in [0.25, 0.3) is 0 Å². The van der Waals surface area contributed by atoms with Crippen molar-refractivity contribution in [2.45, 2.75) is 25.5 Å². The number of para-hydroxylation sites is 1. The first-order chi connectivity index (χ1) is 12.7. The minimum Gasteiger partial charge on any atom is -0.497 e. The Morgan fingerprint density at radius 3 is 2.46 bits per heavy atom. The van der Waals surface area contributed by atoms with Crippen LogP contribution in [0.1, 0.15) is 11.1 Å². The third-order valence-corrected chi connectivity index (χ3v) is 4.13. The molecule has 0 radical (unpaired) electrons. The zero-order chi connectivity index (χ0) is 18.2. The topological polar surface area (TPSA) is 69.4 Å². The zero-order valence-electron chi connectivity index (χ0n) is 14.8. The lowest BCUT2D eigenvalue weighted by molar-refractivity contribution is 0.0919. The summed E-state index contributed by atoms with van der Waals surface area (Å²) in [5.41, 5.74) is 2.37. The predicted octanol–water partition coefficient (Wildman–Crippen LogP) is 2.51. The lowest BCUT2D eigenvalue weighted by Crippen LogP contribution is -2.23. The average molecular weight is 353 g/mol. The molecule has 0 bridgehead atoms. The second-order valence-electron chi connectivity index (χ2n) is 6.08. The standard InChI is InChI=1S/C20H23N3O3/c1-25-19-10-7-16(8-11-19)6-9-17-4-2-3-5-20(17)26-13-18(24)12-23-14-21-22-15-23/h2-5,7-8,10-11,14-15,18,24H,6,9,12-13H2,1H3/t18-/m0/s1. The molecule has 3 rings (SSSR count). The molecule has 26 heavy (non-hydrogen) atoms. The van der Waals surface area contributed by atoms with Gasteiger partial charge in [0, 0.05) is 0 Å². The quantitative estimate of drug-likeness (QED) is 0.640. The van der Waals surface area contributed by atoms with Gasteiger partial charge in [0.05, 0.1) is 13.7 Å². The molecule has 0 unspecified atom stereocenters. The van der Waals surface area contributed by atoms with Crippen molar-refractivity contribution in [1.29, 1.82) is 0 Å². The molecule has 6 heteroatoms. The van der Waals surface area contributed by atoms with Crippen molar-refractivity contribution in [2.24, 2.45) is 0 Å². The Morgan fingerprint density at radius 2 is 1.73 bits per heavy atom. The summed E-state index contributed by atoms with van der Waals surface area (Å²) in [5, 5.41) is 17.6. The van der Waals surface area contributed by atoms with E-state index in [1.54, 1.807) is 24.3 Å². The maximum Gasteiger partial charge on any atom is 0.122 e. The van der Waals surface area contributed by atoms with Gasteiger partial charge < -0.3 is 19.1 Å². The summed E-state index contributed by atoms with van der Waals surface area (Å²) in [6.45, 7) is 0.624. The fourth-order valence-electron chi connectivity index (χ4n) is 2.72.